The van der Waals surface area contributed by atoms with Gasteiger partial charge in [-0.15, -0.1) is 0 Å². The third-order valence-corrected chi connectivity index (χ3v) is 4.51. The molecule has 1 aromatic rings. The summed E-state index contributed by atoms with van der Waals surface area (Å²) in [5.74, 6) is 0.103. The standard InChI is InChI=1S/C12H17N5O2S/c1-16-4-5-17(6-8(16)18)12-9(10(13)15-20-12)11(19)14-7-2-3-7/h7H,2-6H2,1H3,(H2,13,15)(H,14,19). The van der Waals surface area contributed by atoms with Gasteiger partial charge in [-0.05, 0) is 24.4 Å². The molecule has 7 nitrogen and oxygen atoms in total. The van der Waals surface area contributed by atoms with Gasteiger partial charge in [0.25, 0.3) is 5.91 Å². The maximum atomic E-state index is 12.2. The van der Waals surface area contributed by atoms with E-state index < -0.39 is 0 Å². The molecule has 1 aliphatic heterocycles. The van der Waals surface area contributed by atoms with E-state index in [1.54, 1.807) is 11.9 Å². The molecule has 0 bridgehead atoms. The summed E-state index contributed by atoms with van der Waals surface area (Å²) in [6.07, 6.45) is 2.04. The van der Waals surface area contributed by atoms with Crippen molar-refractivity contribution in [3.63, 3.8) is 0 Å². The minimum Gasteiger partial charge on any atom is -0.382 e. The van der Waals surface area contributed by atoms with Gasteiger partial charge in [-0.1, -0.05) is 0 Å². The monoisotopic (exact) mass is 295 g/mol. The van der Waals surface area contributed by atoms with Crippen molar-refractivity contribution in [1.82, 2.24) is 14.6 Å². The largest absolute Gasteiger partial charge is 0.382 e. The Labute approximate surface area is 120 Å². The average Bonchev–Trinajstić information content (AvgIpc) is 3.13. The summed E-state index contributed by atoms with van der Waals surface area (Å²) >= 11 is 1.18. The summed E-state index contributed by atoms with van der Waals surface area (Å²) in [6, 6.07) is 0.267. The van der Waals surface area contributed by atoms with Gasteiger partial charge in [0.2, 0.25) is 5.91 Å². The molecule has 1 aromatic heterocycles. The highest BCUT2D eigenvalue weighted by atomic mass is 32.1. The molecular weight excluding hydrogens is 278 g/mol. The van der Waals surface area contributed by atoms with E-state index in [1.165, 1.54) is 11.5 Å². The fraction of sp³-hybridized carbons (Fsp3) is 0.583. The van der Waals surface area contributed by atoms with E-state index >= 15 is 0 Å². The molecular formula is C12H17N5O2S. The summed E-state index contributed by atoms with van der Waals surface area (Å²) in [6.45, 7) is 1.59. The summed E-state index contributed by atoms with van der Waals surface area (Å²) in [4.78, 5) is 27.6. The van der Waals surface area contributed by atoms with Gasteiger partial charge in [0, 0.05) is 26.2 Å². The lowest BCUT2D eigenvalue weighted by atomic mass is 10.2. The molecule has 2 fully saturated rings. The number of aromatic nitrogens is 1. The molecule has 0 spiro atoms. The zero-order valence-corrected chi connectivity index (χ0v) is 12.1. The molecule has 20 heavy (non-hydrogen) atoms. The fourth-order valence-electron chi connectivity index (χ4n) is 2.14. The van der Waals surface area contributed by atoms with Gasteiger partial charge in [-0.25, -0.2) is 0 Å². The third kappa shape index (κ3) is 2.43. The molecule has 0 radical (unpaired) electrons. The molecule has 108 valence electrons. The van der Waals surface area contributed by atoms with Crippen LogP contribution in [0.25, 0.3) is 0 Å². The summed E-state index contributed by atoms with van der Waals surface area (Å²) in [5, 5.41) is 3.62. The van der Waals surface area contributed by atoms with E-state index in [0.717, 1.165) is 12.8 Å². The van der Waals surface area contributed by atoms with Gasteiger partial charge in [0.1, 0.15) is 10.6 Å². The topological polar surface area (TPSA) is 91.6 Å². The maximum Gasteiger partial charge on any atom is 0.258 e. The van der Waals surface area contributed by atoms with Crippen molar-refractivity contribution in [3.05, 3.63) is 5.56 Å². The predicted molar refractivity (Wildman–Crippen MR) is 76.9 cm³/mol. The normalized spacial score (nSPS) is 19.4. The first-order chi connectivity index (χ1) is 9.56. The number of hydrogen-bond acceptors (Lipinski definition) is 6. The van der Waals surface area contributed by atoms with Crippen molar-refractivity contribution >= 4 is 34.2 Å². The van der Waals surface area contributed by atoms with Crippen LogP contribution < -0.4 is 16.0 Å². The number of piperazine rings is 1. The van der Waals surface area contributed by atoms with Crippen LogP contribution in [0.4, 0.5) is 10.8 Å². The van der Waals surface area contributed by atoms with Gasteiger partial charge in [0.05, 0.1) is 6.54 Å². The Hall–Kier alpha value is -1.83. The van der Waals surface area contributed by atoms with E-state index in [1.807, 2.05) is 4.90 Å². The van der Waals surface area contributed by atoms with E-state index in [2.05, 4.69) is 9.69 Å². The van der Waals surface area contributed by atoms with Crippen LogP contribution in [-0.4, -0.2) is 53.8 Å². The van der Waals surface area contributed by atoms with Gasteiger partial charge >= 0.3 is 0 Å². The quantitative estimate of drug-likeness (QED) is 0.812. The molecule has 1 aliphatic carbocycles. The van der Waals surface area contributed by atoms with E-state index in [9.17, 15) is 9.59 Å². The van der Waals surface area contributed by atoms with Gasteiger partial charge in [0.15, 0.2) is 5.82 Å². The number of amides is 2. The zero-order chi connectivity index (χ0) is 14.3. The molecule has 3 N–H and O–H groups in total. The lowest BCUT2D eigenvalue weighted by molar-refractivity contribution is -0.129. The smallest absolute Gasteiger partial charge is 0.258 e. The molecule has 2 aliphatic rings. The number of nitrogen functional groups attached to an aromatic ring is 1. The number of anilines is 2. The molecule has 8 heteroatoms. The lowest BCUT2D eigenvalue weighted by Gasteiger charge is -2.32. The molecule has 0 atom stereocenters. The average molecular weight is 295 g/mol. The Balaban J connectivity index is 1.82. The maximum absolute atomic E-state index is 12.2. The van der Waals surface area contributed by atoms with Gasteiger partial charge < -0.3 is 20.9 Å². The molecule has 1 saturated carbocycles. The Kier molecular flexibility index (Phi) is 3.25. The van der Waals surface area contributed by atoms with Crippen LogP contribution in [0.1, 0.15) is 23.2 Å². The fourth-order valence-corrected chi connectivity index (χ4v) is 2.98. The highest BCUT2D eigenvalue weighted by Gasteiger charge is 2.31. The second kappa shape index (κ2) is 4.93. The molecule has 2 amide bonds. The van der Waals surface area contributed by atoms with Crippen molar-refractivity contribution in [2.24, 2.45) is 0 Å². The first-order valence-electron chi connectivity index (χ1n) is 6.61. The molecule has 3 rings (SSSR count). The van der Waals surface area contributed by atoms with E-state index in [0.29, 0.717) is 23.7 Å². The Morgan fingerprint density at radius 1 is 1.45 bits per heavy atom. The Bertz CT molecular complexity index is 554. The summed E-state index contributed by atoms with van der Waals surface area (Å²) < 4.78 is 4.08. The van der Waals surface area contributed by atoms with E-state index in [-0.39, 0.29) is 30.2 Å². The predicted octanol–water partition coefficient (Wildman–Crippen LogP) is -0.104. The molecule has 1 saturated heterocycles. The van der Waals surface area contributed by atoms with E-state index in [4.69, 9.17) is 5.73 Å². The third-order valence-electron chi connectivity index (χ3n) is 3.58. The van der Waals surface area contributed by atoms with Crippen LogP contribution in [0.5, 0.6) is 0 Å². The number of carbonyl (C=O) groups excluding carboxylic acids is 2. The number of carbonyl (C=O) groups is 2. The second-order valence-electron chi connectivity index (χ2n) is 5.23. The first-order valence-corrected chi connectivity index (χ1v) is 7.38. The second-order valence-corrected chi connectivity index (χ2v) is 5.98. The van der Waals surface area contributed by atoms with Gasteiger partial charge in [-0.3, -0.25) is 9.59 Å². The zero-order valence-electron chi connectivity index (χ0n) is 11.3. The molecule has 0 aromatic carbocycles. The Morgan fingerprint density at radius 2 is 2.20 bits per heavy atom. The van der Waals surface area contributed by atoms with Crippen molar-refractivity contribution in [2.75, 3.05) is 37.3 Å². The molecule has 0 unspecified atom stereocenters. The highest BCUT2D eigenvalue weighted by molar-refractivity contribution is 7.11. The molecule has 2 heterocycles. The summed E-state index contributed by atoms with van der Waals surface area (Å²) in [5.41, 5.74) is 6.24. The van der Waals surface area contributed by atoms with Crippen molar-refractivity contribution in [1.29, 1.82) is 0 Å². The minimum atomic E-state index is -0.180. The van der Waals surface area contributed by atoms with Crippen LogP contribution in [-0.2, 0) is 4.79 Å². The number of nitrogens with two attached hydrogens (primary N) is 1. The van der Waals surface area contributed by atoms with Crippen LogP contribution >= 0.6 is 11.5 Å². The van der Waals surface area contributed by atoms with Crippen LogP contribution in [0.15, 0.2) is 0 Å². The SMILES string of the molecule is CN1CCN(c2snc(N)c2C(=O)NC2CC2)CC1=O. The summed E-state index contributed by atoms with van der Waals surface area (Å²) in [7, 11) is 1.78. The van der Waals surface area contributed by atoms with Crippen LogP contribution in [0.3, 0.4) is 0 Å². The number of hydrogen-bond donors (Lipinski definition) is 2. The highest BCUT2D eigenvalue weighted by Crippen LogP contribution is 2.32. The van der Waals surface area contributed by atoms with Crippen molar-refractivity contribution in [3.8, 4) is 0 Å². The van der Waals surface area contributed by atoms with Crippen LogP contribution in [0, 0.1) is 0 Å². The van der Waals surface area contributed by atoms with Crippen molar-refractivity contribution in [2.45, 2.75) is 18.9 Å². The Morgan fingerprint density at radius 3 is 2.85 bits per heavy atom. The van der Waals surface area contributed by atoms with Gasteiger partial charge in [-0.2, -0.15) is 4.37 Å². The number of nitrogens with zero attached hydrogens (tertiary/aromatic N) is 3. The number of likely N-dealkylation sites (N-methyl/N-ethyl adjacent to an activating group) is 1. The number of nitrogens with one attached hydrogen (secondary N) is 1. The lowest BCUT2D eigenvalue weighted by Crippen LogP contribution is -2.48. The van der Waals surface area contributed by atoms with Crippen LogP contribution in [0.2, 0.25) is 0 Å². The first kappa shape index (κ1) is 13.2. The van der Waals surface area contributed by atoms with Crippen molar-refractivity contribution < 1.29 is 9.59 Å². The minimum absolute atomic E-state index is 0.0387. The number of rotatable bonds is 3.